The summed E-state index contributed by atoms with van der Waals surface area (Å²) in [6.07, 6.45) is 5.68. The number of halogens is 1. The third-order valence-electron chi connectivity index (χ3n) is 3.14. The summed E-state index contributed by atoms with van der Waals surface area (Å²) >= 11 is 6.35. The van der Waals surface area contributed by atoms with Crippen molar-refractivity contribution in [2.75, 3.05) is 6.54 Å². The number of rotatable bonds is 6. The number of aromatic nitrogens is 2. The predicted octanol–water partition coefficient (Wildman–Crippen LogP) is 3.16. The summed E-state index contributed by atoms with van der Waals surface area (Å²) in [6.45, 7) is 4.07. The highest BCUT2D eigenvalue weighted by Crippen LogP contribution is 2.20. The average molecular weight is 278 g/mol. The van der Waals surface area contributed by atoms with Gasteiger partial charge in [0.2, 0.25) is 0 Å². The number of benzene rings is 1. The first kappa shape index (κ1) is 14.1. The van der Waals surface area contributed by atoms with Crippen LogP contribution in [0.5, 0.6) is 0 Å². The van der Waals surface area contributed by atoms with E-state index in [0.29, 0.717) is 0 Å². The molecule has 0 spiro atoms. The fraction of sp³-hybridized carbons (Fsp3) is 0.400. The van der Waals surface area contributed by atoms with E-state index in [1.54, 1.807) is 0 Å². The van der Waals surface area contributed by atoms with Crippen LogP contribution in [-0.2, 0) is 20.0 Å². The molecule has 2 aromatic rings. The van der Waals surface area contributed by atoms with Gasteiger partial charge in [-0.1, -0.05) is 30.7 Å². The minimum Gasteiger partial charge on any atom is -0.338 e. The highest BCUT2D eigenvalue weighted by atomic mass is 35.5. The van der Waals surface area contributed by atoms with Crippen molar-refractivity contribution >= 4 is 11.6 Å². The lowest BCUT2D eigenvalue weighted by molar-refractivity contribution is 0.675. The van der Waals surface area contributed by atoms with Gasteiger partial charge in [0.1, 0.15) is 5.82 Å². The first-order valence-electron chi connectivity index (χ1n) is 6.65. The smallest absolute Gasteiger partial charge is 0.112 e. The maximum absolute atomic E-state index is 6.35. The van der Waals surface area contributed by atoms with Gasteiger partial charge in [0, 0.05) is 37.4 Å². The molecule has 0 radical (unpaired) electrons. The fourth-order valence-electron chi connectivity index (χ4n) is 1.99. The molecule has 0 saturated carbocycles. The van der Waals surface area contributed by atoms with Crippen LogP contribution in [0.1, 0.15) is 30.3 Å². The van der Waals surface area contributed by atoms with Gasteiger partial charge < -0.3 is 9.88 Å². The van der Waals surface area contributed by atoms with E-state index >= 15 is 0 Å². The quantitative estimate of drug-likeness (QED) is 0.822. The van der Waals surface area contributed by atoms with Crippen molar-refractivity contribution in [3.05, 3.63) is 52.6 Å². The number of nitrogens with zero attached hydrogens (tertiary/aromatic N) is 2. The molecule has 0 aliphatic rings. The molecule has 0 aliphatic carbocycles. The molecule has 1 heterocycles. The molecule has 0 aliphatic heterocycles. The van der Waals surface area contributed by atoms with Crippen molar-refractivity contribution in [1.82, 2.24) is 14.9 Å². The Balaban J connectivity index is 2.05. The molecule has 1 aromatic heterocycles. The van der Waals surface area contributed by atoms with E-state index < -0.39 is 0 Å². The Morgan fingerprint density at radius 2 is 2.21 bits per heavy atom. The zero-order chi connectivity index (χ0) is 13.7. The van der Waals surface area contributed by atoms with Crippen LogP contribution in [0.2, 0.25) is 5.02 Å². The third-order valence-corrected chi connectivity index (χ3v) is 3.49. The molecule has 0 unspecified atom stereocenters. The van der Waals surface area contributed by atoms with E-state index in [4.69, 9.17) is 11.6 Å². The number of hydrogen-bond acceptors (Lipinski definition) is 2. The zero-order valence-corrected chi connectivity index (χ0v) is 12.2. The minimum absolute atomic E-state index is 0.769. The summed E-state index contributed by atoms with van der Waals surface area (Å²) in [7, 11) is 2.00. The number of hydrogen-bond donors (Lipinski definition) is 1. The van der Waals surface area contributed by atoms with Gasteiger partial charge in [0.15, 0.2) is 0 Å². The van der Waals surface area contributed by atoms with Crippen molar-refractivity contribution in [2.45, 2.75) is 26.3 Å². The summed E-state index contributed by atoms with van der Waals surface area (Å²) in [5.41, 5.74) is 2.34. The van der Waals surface area contributed by atoms with Crippen molar-refractivity contribution in [1.29, 1.82) is 0 Å². The lowest BCUT2D eigenvalue weighted by atomic mass is 10.1. The lowest BCUT2D eigenvalue weighted by Crippen LogP contribution is -2.13. The molecule has 1 N–H and O–H groups in total. The molecular weight excluding hydrogens is 258 g/mol. The standard InChI is InChI=1S/C15H20ClN3/c1-3-6-17-11-12-4-5-13(14(16)9-12)10-15-18-7-8-19(15)2/h4-5,7-9,17H,3,6,10-11H2,1-2H3. The van der Waals surface area contributed by atoms with Gasteiger partial charge in [-0.05, 0) is 30.2 Å². The summed E-state index contributed by atoms with van der Waals surface area (Å²) in [5.74, 6) is 1.03. The fourth-order valence-corrected chi connectivity index (χ4v) is 2.26. The Labute approximate surface area is 119 Å². The SMILES string of the molecule is CCCNCc1ccc(Cc2nccn2C)c(Cl)c1. The molecule has 0 bridgehead atoms. The third kappa shape index (κ3) is 3.82. The van der Waals surface area contributed by atoms with Gasteiger partial charge in [-0.15, -0.1) is 0 Å². The number of imidazole rings is 1. The summed E-state index contributed by atoms with van der Waals surface area (Å²) in [5, 5.41) is 4.20. The van der Waals surface area contributed by atoms with Crippen molar-refractivity contribution in [2.24, 2.45) is 7.05 Å². The van der Waals surface area contributed by atoms with Crippen molar-refractivity contribution in [3.8, 4) is 0 Å². The van der Waals surface area contributed by atoms with E-state index in [2.05, 4.69) is 29.4 Å². The molecular formula is C15H20ClN3. The minimum atomic E-state index is 0.769. The normalized spacial score (nSPS) is 10.9. The maximum atomic E-state index is 6.35. The summed E-state index contributed by atoms with van der Waals surface area (Å²) in [4.78, 5) is 4.33. The van der Waals surface area contributed by atoms with E-state index in [-0.39, 0.29) is 0 Å². The van der Waals surface area contributed by atoms with Crippen LogP contribution in [0, 0.1) is 0 Å². The number of nitrogens with one attached hydrogen (secondary N) is 1. The Kier molecular flexibility index (Phi) is 5.00. The van der Waals surface area contributed by atoms with E-state index in [1.165, 1.54) is 5.56 Å². The van der Waals surface area contributed by atoms with Gasteiger partial charge in [-0.25, -0.2) is 4.98 Å². The van der Waals surface area contributed by atoms with Crippen LogP contribution >= 0.6 is 11.6 Å². The second-order valence-electron chi connectivity index (χ2n) is 4.73. The van der Waals surface area contributed by atoms with Crippen LogP contribution in [0.3, 0.4) is 0 Å². The molecule has 102 valence electrons. The molecule has 3 nitrogen and oxygen atoms in total. The van der Waals surface area contributed by atoms with Gasteiger partial charge in [-0.3, -0.25) is 0 Å². The molecule has 19 heavy (non-hydrogen) atoms. The molecule has 4 heteroatoms. The molecule has 2 rings (SSSR count). The second-order valence-corrected chi connectivity index (χ2v) is 5.14. The molecule has 0 amide bonds. The van der Waals surface area contributed by atoms with Crippen molar-refractivity contribution < 1.29 is 0 Å². The van der Waals surface area contributed by atoms with Crippen LogP contribution < -0.4 is 5.32 Å². The average Bonchev–Trinajstić information content (AvgIpc) is 2.79. The van der Waals surface area contributed by atoms with Crippen LogP contribution in [-0.4, -0.2) is 16.1 Å². The largest absolute Gasteiger partial charge is 0.338 e. The lowest BCUT2D eigenvalue weighted by Gasteiger charge is -2.08. The number of aryl methyl sites for hydroxylation is 1. The van der Waals surface area contributed by atoms with E-state index in [0.717, 1.165) is 42.3 Å². The monoisotopic (exact) mass is 277 g/mol. The molecule has 0 saturated heterocycles. The van der Waals surface area contributed by atoms with Gasteiger partial charge in [-0.2, -0.15) is 0 Å². The van der Waals surface area contributed by atoms with E-state index in [9.17, 15) is 0 Å². The van der Waals surface area contributed by atoms with Crippen LogP contribution in [0.25, 0.3) is 0 Å². The highest BCUT2D eigenvalue weighted by molar-refractivity contribution is 6.31. The van der Waals surface area contributed by atoms with Crippen LogP contribution in [0.4, 0.5) is 0 Å². The second kappa shape index (κ2) is 6.73. The van der Waals surface area contributed by atoms with Crippen molar-refractivity contribution in [3.63, 3.8) is 0 Å². The van der Waals surface area contributed by atoms with Gasteiger partial charge in [0.25, 0.3) is 0 Å². The zero-order valence-electron chi connectivity index (χ0n) is 11.5. The molecule has 1 aromatic carbocycles. The summed E-state index contributed by atoms with van der Waals surface area (Å²) in [6, 6.07) is 6.27. The maximum Gasteiger partial charge on any atom is 0.112 e. The molecule has 0 atom stereocenters. The first-order chi connectivity index (χ1) is 9.20. The first-order valence-corrected chi connectivity index (χ1v) is 7.02. The van der Waals surface area contributed by atoms with E-state index in [1.807, 2.05) is 30.1 Å². The topological polar surface area (TPSA) is 29.9 Å². The Bertz CT molecular complexity index is 534. The highest BCUT2D eigenvalue weighted by Gasteiger charge is 2.06. The summed E-state index contributed by atoms with van der Waals surface area (Å²) < 4.78 is 2.02. The molecule has 0 fully saturated rings. The predicted molar refractivity (Wildman–Crippen MR) is 79.5 cm³/mol. The Morgan fingerprint density at radius 1 is 1.37 bits per heavy atom. The Hall–Kier alpha value is -1.32. The van der Waals surface area contributed by atoms with Gasteiger partial charge >= 0.3 is 0 Å². The van der Waals surface area contributed by atoms with Crippen LogP contribution in [0.15, 0.2) is 30.6 Å². The Morgan fingerprint density at radius 3 is 2.84 bits per heavy atom. The van der Waals surface area contributed by atoms with Gasteiger partial charge in [0.05, 0.1) is 0 Å².